The zero-order valence-electron chi connectivity index (χ0n) is 34.7. The Hall–Kier alpha value is -1.77. The smallest absolute Gasteiger partial charge is 0.463 e. The van der Waals surface area contributed by atoms with E-state index in [1.165, 1.54) is 103 Å². The zero-order chi connectivity index (χ0) is 39.6. The molecule has 9 nitrogen and oxygen atoms in total. The van der Waals surface area contributed by atoms with Crippen LogP contribution in [-0.2, 0) is 27.9 Å². The second-order valence-corrected chi connectivity index (χ2v) is 16.1. The Morgan fingerprint density at radius 1 is 0.574 bits per heavy atom. The molecule has 0 rings (SSSR count). The summed E-state index contributed by atoms with van der Waals surface area (Å²) in [5.41, 5.74) is 0. The summed E-state index contributed by atoms with van der Waals surface area (Å²) in [6.45, 7) is 3.51. The van der Waals surface area contributed by atoms with Crippen molar-refractivity contribution in [1.82, 2.24) is 5.32 Å². The maximum Gasteiger partial charge on any atom is 0.472 e. The van der Waals surface area contributed by atoms with Crippen molar-refractivity contribution in [3.05, 3.63) is 36.5 Å². The fraction of sp³-hybridized carbons (Fsp3) is 0.818. The van der Waals surface area contributed by atoms with Gasteiger partial charge in [-0.05, 0) is 70.6 Å². The van der Waals surface area contributed by atoms with Gasteiger partial charge in [-0.2, -0.15) is 0 Å². The highest BCUT2D eigenvalue weighted by Crippen LogP contribution is 2.42. The van der Waals surface area contributed by atoms with Crippen LogP contribution in [0.5, 0.6) is 0 Å². The van der Waals surface area contributed by atoms with Crippen LogP contribution in [0.15, 0.2) is 36.5 Å². The lowest BCUT2D eigenvalue weighted by Gasteiger charge is -2.15. The van der Waals surface area contributed by atoms with Crippen LogP contribution in [0.3, 0.4) is 0 Å². The highest BCUT2D eigenvalue weighted by molar-refractivity contribution is 7.47. The molecule has 0 aromatic rings. The molecule has 3 N–H and O–H groups in total. The molecule has 316 valence electrons. The minimum Gasteiger partial charge on any atom is -0.463 e. The third-order valence-electron chi connectivity index (χ3n) is 9.29. The fourth-order valence-electron chi connectivity index (χ4n) is 5.93. The van der Waals surface area contributed by atoms with Crippen LogP contribution in [0.1, 0.15) is 200 Å². The van der Waals surface area contributed by atoms with Crippen molar-refractivity contribution < 1.29 is 37.9 Å². The van der Waals surface area contributed by atoms with Crippen molar-refractivity contribution in [2.24, 2.45) is 0 Å². The second-order valence-electron chi connectivity index (χ2n) is 14.7. The van der Waals surface area contributed by atoms with Gasteiger partial charge in [-0.3, -0.25) is 18.6 Å². The number of phosphoric ester groups is 1. The molecule has 0 aliphatic carbocycles. The molecule has 0 heterocycles. The van der Waals surface area contributed by atoms with Crippen molar-refractivity contribution >= 4 is 19.7 Å². The lowest BCUT2D eigenvalue weighted by atomic mass is 10.1. The lowest BCUT2D eigenvalue weighted by molar-refractivity contribution is -0.147. The van der Waals surface area contributed by atoms with Gasteiger partial charge in [0, 0.05) is 19.4 Å². The third kappa shape index (κ3) is 41.4. The number of aliphatic hydroxyl groups is 1. The molecular weight excluding hydrogens is 701 g/mol. The number of aliphatic hydroxyl groups excluding tert-OH is 1. The third-order valence-corrected chi connectivity index (χ3v) is 10.3. The summed E-state index contributed by atoms with van der Waals surface area (Å²) in [5.74, 6) is -0.531. The summed E-state index contributed by atoms with van der Waals surface area (Å²) in [7, 11) is -4.42. The molecule has 54 heavy (non-hydrogen) atoms. The van der Waals surface area contributed by atoms with Gasteiger partial charge in [-0.15, -0.1) is 0 Å². The molecule has 0 aromatic heterocycles. The molecule has 0 saturated carbocycles. The van der Waals surface area contributed by atoms with E-state index >= 15 is 0 Å². The molecule has 0 radical (unpaired) electrons. The van der Waals surface area contributed by atoms with Gasteiger partial charge in [0.05, 0.1) is 13.2 Å². The van der Waals surface area contributed by atoms with Gasteiger partial charge in [0.1, 0.15) is 12.7 Å². The molecule has 0 spiro atoms. The second kappa shape index (κ2) is 40.9. The van der Waals surface area contributed by atoms with Crippen LogP contribution < -0.4 is 5.32 Å². The normalized spacial score (nSPS) is 13.6. The first-order valence-corrected chi connectivity index (χ1v) is 23.5. The molecular formula is C44H82NO8P. The van der Waals surface area contributed by atoms with Gasteiger partial charge in [0.2, 0.25) is 5.91 Å². The van der Waals surface area contributed by atoms with E-state index in [4.69, 9.17) is 13.8 Å². The summed E-state index contributed by atoms with van der Waals surface area (Å²) < 4.78 is 26.9. The molecule has 2 atom stereocenters. The van der Waals surface area contributed by atoms with Gasteiger partial charge in [0.15, 0.2) is 0 Å². The van der Waals surface area contributed by atoms with E-state index in [1.54, 1.807) is 0 Å². The average Bonchev–Trinajstić information content (AvgIpc) is 3.16. The molecule has 0 aromatic carbocycles. The number of hydrogen-bond donors (Lipinski definition) is 3. The Balaban J connectivity index is 3.61. The predicted molar refractivity (Wildman–Crippen MR) is 224 cm³/mol. The molecule has 10 heteroatoms. The molecule has 0 aliphatic rings. The van der Waals surface area contributed by atoms with Crippen molar-refractivity contribution in [3.63, 3.8) is 0 Å². The number of phosphoric acid groups is 1. The Morgan fingerprint density at radius 3 is 1.54 bits per heavy atom. The van der Waals surface area contributed by atoms with Crippen LogP contribution in [0.4, 0.5) is 0 Å². The highest BCUT2D eigenvalue weighted by Gasteiger charge is 2.23. The first kappa shape index (κ1) is 52.2. The van der Waals surface area contributed by atoms with E-state index in [9.17, 15) is 24.2 Å². The van der Waals surface area contributed by atoms with Crippen molar-refractivity contribution in [2.75, 3.05) is 26.4 Å². The number of hydrogen-bond acceptors (Lipinski definition) is 7. The number of amides is 1. The van der Waals surface area contributed by atoms with Crippen LogP contribution in [0.2, 0.25) is 0 Å². The number of ether oxygens (including phenoxy) is 1. The Bertz CT molecular complexity index is 986. The van der Waals surface area contributed by atoms with Crippen molar-refractivity contribution in [3.8, 4) is 0 Å². The number of nitrogens with one attached hydrogen (secondary N) is 1. The van der Waals surface area contributed by atoms with E-state index in [0.29, 0.717) is 6.42 Å². The number of unbranched alkanes of at least 4 members (excludes halogenated alkanes) is 22. The standard InChI is InChI=1S/C44H82NO8P/c1-3-5-7-9-11-13-15-17-19-21-22-24-26-28-30-32-34-36-43(47)45-38-39-52-54(49,50)53-41-42(46)40-51-44(48)37-35-33-31-29-27-25-23-20-18-16-14-12-10-8-6-4-2/h11,13,17,19-20,23,42,46H,3-10,12,14-16,18,21-22,24-41H2,1-2H3,(H,45,47)(H,49,50)/b13-11-,19-17-,23-20-. The minimum atomic E-state index is -4.42. The number of esters is 1. The number of allylic oxidation sites excluding steroid dienone is 6. The number of carbonyl (C=O) groups excluding carboxylic acids is 2. The van der Waals surface area contributed by atoms with E-state index < -0.39 is 26.5 Å². The summed E-state index contributed by atoms with van der Waals surface area (Å²) in [6.07, 6.45) is 45.0. The fourth-order valence-corrected chi connectivity index (χ4v) is 6.69. The Morgan fingerprint density at radius 2 is 1.00 bits per heavy atom. The van der Waals surface area contributed by atoms with Crippen LogP contribution in [0.25, 0.3) is 0 Å². The Kier molecular flexibility index (Phi) is 39.5. The SMILES string of the molecule is CCCCC/C=C\C/C=C\CCCCCCCCCC(=O)NCCOP(=O)(O)OCC(O)COC(=O)CCCCCCC/C=C\CCCCCCCCC. The van der Waals surface area contributed by atoms with Gasteiger partial charge in [-0.1, -0.05) is 153 Å². The maximum absolute atomic E-state index is 12.1. The lowest BCUT2D eigenvalue weighted by Crippen LogP contribution is -2.27. The zero-order valence-corrected chi connectivity index (χ0v) is 35.6. The molecule has 0 saturated heterocycles. The minimum absolute atomic E-state index is 0.0764. The summed E-state index contributed by atoms with van der Waals surface area (Å²) in [5, 5.41) is 12.7. The van der Waals surface area contributed by atoms with Gasteiger partial charge in [-0.25, -0.2) is 4.57 Å². The summed E-state index contributed by atoms with van der Waals surface area (Å²) in [4.78, 5) is 33.9. The largest absolute Gasteiger partial charge is 0.472 e. The first-order chi connectivity index (χ1) is 26.3. The molecule has 2 unspecified atom stereocenters. The van der Waals surface area contributed by atoms with Gasteiger partial charge >= 0.3 is 13.8 Å². The van der Waals surface area contributed by atoms with E-state index in [2.05, 4.69) is 55.6 Å². The number of carbonyl (C=O) groups is 2. The van der Waals surface area contributed by atoms with Crippen LogP contribution in [0, 0.1) is 0 Å². The average molecular weight is 784 g/mol. The van der Waals surface area contributed by atoms with Crippen LogP contribution >= 0.6 is 7.82 Å². The quantitative estimate of drug-likeness (QED) is 0.0242. The Labute approximate surface area is 331 Å². The predicted octanol–water partition coefficient (Wildman–Crippen LogP) is 12.2. The maximum atomic E-state index is 12.1. The summed E-state index contributed by atoms with van der Waals surface area (Å²) in [6, 6.07) is 0. The summed E-state index contributed by atoms with van der Waals surface area (Å²) >= 11 is 0. The van der Waals surface area contributed by atoms with Gasteiger partial charge in [0.25, 0.3) is 0 Å². The van der Waals surface area contributed by atoms with Crippen LogP contribution in [-0.4, -0.2) is 54.3 Å². The van der Waals surface area contributed by atoms with E-state index in [1.807, 2.05) is 0 Å². The van der Waals surface area contributed by atoms with Crippen molar-refractivity contribution in [1.29, 1.82) is 0 Å². The first-order valence-electron chi connectivity index (χ1n) is 22.0. The molecule has 1 amide bonds. The van der Waals surface area contributed by atoms with E-state index in [-0.39, 0.29) is 32.1 Å². The van der Waals surface area contributed by atoms with E-state index in [0.717, 1.165) is 70.6 Å². The highest BCUT2D eigenvalue weighted by atomic mass is 31.2. The molecule has 0 fully saturated rings. The number of rotatable bonds is 41. The monoisotopic (exact) mass is 784 g/mol. The molecule has 0 aliphatic heterocycles. The molecule has 0 bridgehead atoms. The van der Waals surface area contributed by atoms with Gasteiger partial charge < -0.3 is 20.1 Å². The van der Waals surface area contributed by atoms with Crippen molar-refractivity contribution in [2.45, 2.75) is 206 Å². The topological polar surface area (TPSA) is 131 Å².